The van der Waals surface area contributed by atoms with E-state index < -0.39 is 0 Å². The Bertz CT molecular complexity index is 158. The molecule has 1 rings (SSSR count). The van der Waals surface area contributed by atoms with E-state index in [0.29, 0.717) is 0 Å². The summed E-state index contributed by atoms with van der Waals surface area (Å²) < 4.78 is 12.7. The number of alkyl halides is 1. The van der Waals surface area contributed by atoms with Gasteiger partial charge in [0.25, 0.3) is 0 Å². The summed E-state index contributed by atoms with van der Waals surface area (Å²) >= 11 is 5.80. The van der Waals surface area contributed by atoms with Crippen molar-refractivity contribution in [1.82, 2.24) is 5.32 Å². The first-order valence-corrected chi connectivity index (χ1v) is 3.82. The maximum Gasteiger partial charge on any atom is 0.119 e. The molecule has 1 aliphatic rings. The van der Waals surface area contributed by atoms with E-state index in [4.69, 9.17) is 11.6 Å². The average molecular weight is 164 g/mol. The van der Waals surface area contributed by atoms with E-state index >= 15 is 0 Å². The van der Waals surface area contributed by atoms with Crippen LogP contribution in [0.15, 0.2) is 12.0 Å². The van der Waals surface area contributed by atoms with Crippen molar-refractivity contribution in [2.24, 2.45) is 11.8 Å². The second kappa shape index (κ2) is 2.79. The Hall–Kier alpha value is -0.240. The van der Waals surface area contributed by atoms with Gasteiger partial charge in [0.15, 0.2) is 0 Å². The summed E-state index contributed by atoms with van der Waals surface area (Å²) in [5.74, 6) is -0.000170. The molecule has 58 valence electrons. The normalized spacial score (nSPS) is 40.4. The summed E-state index contributed by atoms with van der Waals surface area (Å²) in [7, 11) is 0. The zero-order chi connectivity index (χ0) is 7.72. The van der Waals surface area contributed by atoms with Crippen LogP contribution in [-0.2, 0) is 0 Å². The minimum atomic E-state index is -0.130. The summed E-state index contributed by atoms with van der Waals surface area (Å²) in [6.07, 6.45) is 1.35. The highest BCUT2D eigenvalue weighted by atomic mass is 35.5. The maximum absolute atomic E-state index is 12.7. The lowest BCUT2D eigenvalue weighted by atomic mass is 9.92. The van der Waals surface area contributed by atoms with E-state index in [-0.39, 0.29) is 23.2 Å². The third-order valence-corrected chi connectivity index (χ3v) is 2.59. The lowest BCUT2D eigenvalue weighted by molar-refractivity contribution is 0.318. The predicted octanol–water partition coefficient (Wildman–Crippen LogP) is 2.24. The Morgan fingerprint density at radius 1 is 1.60 bits per heavy atom. The van der Waals surface area contributed by atoms with Crippen LogP contribution in [0.2, 0.25) is 0 Å². The monoisotopic (exact) mass is 163 g/mol. The topological polar surface area (TPSA) is 12.0 Å². The third-order valence-electron chi connectivity index (χ3n) is 2.07. The van der Waals surface area contributed by atoms with Gasteiger partial charge in [-0.3, -0.25) is 0 Å². The summed E-state index contributed by atoms with van der Waals surface area (Å²) in [6.45, 7) is 3.77. The van der Waals surface area contributed by atoms with Gasteiger partial charge >= 0.3 is 0 Å². The van der Waals surface area contributed by atoms with Gasteiger partial charge in [0.05, 0.1) is 0 Å². The van der Waals surface area contributed by atoms with Crippen LogP contribution in [0.25, 0.3) is 0 Å². The van der Waals surface area contributed by atoms with Crippen molar-refractivity contribution in [1.29, 1.82) is 0 Å². The van der Waals surface area contributed by atoms with E-state index in [1.54, 1.807) is 0 Å². The minimum Gasteiger partial charge on any atom is -0.373 e. The van der Waals surface area contributed by atoms with Gasteiger partial charge in [-0.05, 0) is 5.92 Å². The molecule has 1 heterocycles. The van der Waals surface area contributed by atoms with E-state index in [1.165, 1.54) is 6.20 Å². The molecule has 0 amide bonds. The first-order valence-electron chi connectivity index (χ1n) is 3.38. The molecule has 3 heteroatoms. The molecule has 0 fully saturated rings. The number of nitrogens with one attached hydrogen (secondary N) is 1. The van der Waals surface area contributed by atoms with Gasteiger partial charge in [-0.15, -0.1) is 0 Å². The Balaban J connectivity index is 2.71. The van der Waals surface area contributed by atoms with Crippen molar-refractivity contribution in [3.8, 4) is 0 Å². The molecule has 0 radical (unpaired) electrons. The molecule has 0 bridgehead atoms. The first-order chi connectivity index (χ1) is 4.63. The molecule has 0 aliphatic carbocycles. The Kier molecular flexibility index (Phi) is 2.19. The fraction of sp³-hybridized carbons (Fsp3) is 0.714. The highest BCUT2D eigenvalue weighted by Gasteiger charge is 2.27. The van der Waals surface area contributed by atoms with Gasteiger partial charge in [-0.25, -0.2) is 4.39 Å². The van der Waals surface area contributed by atoms with Crippen LogP contribution in [-0.4, -0.2) is 5.50 Å². The van der Waals surface area contributed by atoms with Gasteiger partial charge in [-0.2, -0.15) is 0 Å². The molecule has 1 nitrogen and oxygen atoms in total. The highest BCUT2D eigenvalue weighted by molar-refractivity contribution is 6.20. The molecule has 3 atom stereocenters. The molecule has 0 unspecified atom stereocenters. The van der Waals surface area contributed by atoms with Crippen LogP contribution < -0.4 is 5.32 Å². The molecule has 1 N–H and O–H groups in total. The fourth-order valence-electron chi connectivity index (χ4n) is 0.947. The molecule has 0 aromatic rings. The minimum absolute atomic E-state index is 0.0521. The van der Waals surface area contributed by atoms with Crippen LogP contribution in [0.5, 0.6) is 0 Å². The standard InChI is InChI=1S/C7H11ClFN/c1-4-5(2)7(8)10-3-6(4)9/h3-5,7,10H,1-2H3/t4-,5-,7+/m0/s1. The van der Waals surface area contributed by atoms with Gasteiger partial charge in [0.1, 0.15) is 11.3 Å². The smallest absolute Gasteiger partial charge is 0.119 e. The van der Waals surface area contributed by atoms with Crippen LogP contribution in [0, 0.1) is 11.8 Å². The first kappa shape index (κ1) is 7.86. The molecule has 0 saturated heterocycles. The number of hydrogen-bond donors (Lipinski definition) is 1. The van der Waals surface area contributed by atoms with Crippen LogP contribution in [0.4, 0.5) is 4.39 Å². The van der Waals surface area contributed by atoms with E-state index in [9.17, 15) is 4.39 Å². The molecule has 0 aromatic carbocycles. The second-order valence-electron chi connectivity index (χ2n) is 2.75. The molecular weight excluding hydrogens is 153 g/mol. The van der Waals surface area contributed by atoms with Gasteiger partial charge in [-0.1, -0.05) is 25.4 Å². The van der Waals surface area contributed by atoms with Crippen molar-refractivity contribution >= 4 is 11.6 Å². The summed E-state index contributed by atoms with van der Waals surface area (Å²) in [5.41, 5.74) is -0.130. The predicted molar refractivity (Wildman–Crippen MR) is 40.3 cm³/mol. The third kappa shape index (κ3) is 1.26. The van der Waals surface area contributed by atoms with Crippen LogP contribution in [0.1, 0.15) is 13.8 Å². The average Bonchev–Trinajstić information content (AvgIpc) is 1.93. The number of halogens is 2. The summed E-state index contributed by atoms with van der Waals surface area (Å²) in [5, 5.41) is 2.74. The second-order valence-corrected chi connectivity index (χ2v) is 3.22. The van der Waals surface area contributed by atoms with Crippen LogP contribution in [0.3, 0.4) is 0 Å². The summed E-state index contributed by atoms with van der Waals surface area (Å²) in [4.78, 5) is 0. The zero-order valence-corrected chi connectivity index (χ0v) is 6.82. The Morgan fingerprint density at radius 3 is 2.70 bits per heavy atom. The molecule has 10 heavy (non-hydrogen) atoms. The molecule has 0 aromatic heterocycles. The number of allylic oxidation sites excluding steroid dienone is 1. The molecular formula is C7H11ClFN. The van der Waals surface area contributed by atoms with Gasteiger partial charge < -0.3 is 5.32 Å². The Morgan fingerprint density at radius 2 is 2.20 bits per heavy atom. The van der Waals surface area contributed by atoms with E-state index in [2.05, 4.69) is 5.32 Å². The van der Waals surface area contributed by atoms with Crippen molar-refractivity contribution in [3.63, 3.8) is 0 Å². The Labute approximate surface area is 65.3 Å². The number of hydrogen-bond acceptors (Lipinski definition) is 1. The highest BCUT2D eigenvalue weighted by Crippen LogP contribution is 2.28. The SMILES string of the molecule is C[C@@H]1[C@H](Cl)NC=C(F)[C@H]1C. The van der Waals surface area contributed by atoms with Crippen molar-refractivity contribution in [2.75, 3.05) is 0 Å². The van der Waals surface area contributed by atoms with E-state index in [0.717, 1.165) is 0 Å². The van der Waals surface area contributed by atoms with E-state index in [1.807, 2.05) is 13.8 Å². The molecule has 1 aliphatic heterocycles. The van der Waals surface area contributed by atoms with Gasteiger partial charge in [0.2, 0.25) is 0 Å². The molecule has 0 saturated carbocycles. The zero-order valence-electron chi connectivity index (χ0n) is 6.07. The van der Waals surface area contributed by atoms with Crippen molar-refractivity contribution in [2.45, 2.75) is 19.3 Å². The largest absolute Gasteiger partial charge is 0.373 e. The van der Waals surface area contributed by atoms with Crippen molar-refractivity contribution < 1.29 is 4.39 Å². The maximum atomic E-state index is 12.7. The fourth-order valence-corrected chi connectivity index (χ4v) is 1.23. The molecule has 0 spiro atoms. The van der Waals surface area contributed by atoms with Crippen LogP contribution >= 0.6 is 11.6 Å². The van der Waals surface area contributed by atoms with Gasteiger partial charge in [0, 0.05) is 12.1 Å². The number of rotatable bonds is 0. The summed E-state index contributed by atoms with van der Waals surface area (Å²) in [6, 6.07) is 0. The quantitative estimate of drug-likeness (QED) is 0.427. The van der Waals surface area contributed by atoms with Crippen molar-refractivity contribution in [3.05, 3.63) is 12.0 Å². The lowest BCUT2D eigenvalue weighted by Gasteiger charge is -2.28. The lowest BCUT2D eigenvalue weighted by Crippen LogP contribution is -2.34.